The third-order valence-electron chi connectivity index (χ3n) is 4.60. The van der Waals surface area contributed by atoms with Crippen molar-refractivity contribution in [3.63, 3.8) is 0 Å². The molecule has 0 aliphatic carbocycles. The van der Waals surface area contributed by atoms with Gasteiger partial charge in [0.15, 0.2) is 5.96 Å². The van der Waals surface area contributed by atoms with Gasteiger partial charge in [0.25, 0.3) is 0 Å². The predicted octanol–water partition coefficient (Wildman–Crippen LogP) is 3.35. The maximum atomic E-state index is 13.8. The minimum Gasteiger partial charge on any atom is -0.497 e. The van der Waals surface area contributed by atoms with Crippen LogP contribution in [-0.4, -0.2) is 51.2 Å². The summed E-state index contributed by atoms with van der Waals surface area (Å²) in [6, 6.07) is 14.9. The van der Waals surface area contributed by atoms with Crippen molar-refractivity contribution in [1.82, 2.24) is 10.2 Å². The number of nitrogens with one attached hydrogen (secondary N) is 1. The second-order valence-electron chi connectivity index (χ2n) is 6.17. The van der Waals surface area contributed by atoms with Gasteiger partial charge in [0.1, 0.15) is 11.6 Å². The van der Waals surface area contributed by atoms with Crippen LogP contribution in [0.3, 0.4) is 0 Å². The molecule has 1 aliphatic rings. The predicted molar refractivity (Wildman–Crippen MR) is 119 cm³/mol. The van der Waals surface area contributed by atoms with Crippen LogP contribution in [0.5, 0.6) is 5.75 Å². The number of piperazine rings is 1. The summed E-state index contributed by atoms with van der Waals surface area (Å²) in [5.41, 5.74) is 1.81. The Morgan fingerprint density at radius 3 is 2.52 bits per heavy atom. The molecule has 2 aromatic rings. The number of nitrogens with zero attached hydrogens (tertiary/aromatic N) is 3. The van der Waals surface area contributed by atoms with E-state index in [2.05, 4.69) is 32.2 Å². The first-order valence-corrected chi connectivity index (χ1v) is 8.79. The topological polar surface area (TPSA) is 40.1 Å². The molecule has 0 bridgehead atoms. The van der Waals surface area contributed by atoms with E-state index >= 15 is 0 Å². The summed E-state index contributed by atoms with van der Waals surface area (Å²) < 4.78 is 19.1. The Morgan fingerprint density at radius 2 is 1.85 bits per heavy atom. The van der Waals surface area contributed by atoms with Crippen molar-refractivity contribution in [3.8, 4) is 5.75 Å². The molecule has 1 fully saturated rings. The molecule has 0 atom stereocenters. The fourth-order valence-electron chi connectivity index (χ4n) is 3.13. The molecule has 1 N–H and O–H groups in total. The lowest BCUT2D eigenvalue weighted by Crippen LogP contribution is -2.52. The fourth-order valence-corrected chi connectivity index (χ4v) is 3.13. The van der Waals surface area contributed by atoms with Gasteiger partial charge in [-0.15, -0.1) is 24.0 Å². The first kappa shape index (κ1) is 21.3. The zero-order chi connectivity index (χ0) is 18.4. The number of aliphatic imine (C=N–C) groups is 1. The third kappa shape index (κ3) is 5.47. The summed E-state index contributed by atoms with van der Waals surface area (Å²) >= 11 is 0. The van der Waals surface area contributed by atoms with Crippen LogP contribution < -0.4 is 15.0 Å². The molecule has 1 aliphatic heterocycles. The van der Waals surface area contributed by atoms with Gasteiger partial charge in [-0.2, -0.15) is 0 Å². The normalized spacial score (nSPS) is 14.6. The summed E-state index contributed by atoms with van der Waals surface area (Å²) in [7, 11) is 3.44. The summed E-state index contributed by atoms with van der Waals surface area (Å²) in [6.45, 7) is 3.93. The smallest absolute Gasteiger partial charge is 0.194 e. The molecule has 0 unspecified atom stereocenters. The number of anilines is 1. The number of rotatable bonds is 4. The molecule has 5 nitrogen and oxygen atoms in total. The molecule has 2 aromatic carbocycles. The molecule has 0 saturated carbocycles. The van der Waals surface area contributed by atoms with Gasteiger partial charge in [0, 0.05) is 57.1 Å². The van der Waals surface area contributed by atoms with Crippen LogP contribution in [0.15, 0.2) is 53.5 Å². The van der Waals surface area contributed by atoms with Crippen molar-refractivity contribution in [1.29, 1.82) is 0 Å². The van der Waals surface area contributed by atoms with Crippen molar-refractivity contribution in [3.05, 3.63) is 59.9 Å². The monoisotopic (exact) mass is 484 g/mol. The minimum atomic E-state index is -0.196. The summed E-state index contributed by atoms with van der Waals surface area (Å²) in [5.74, 6) is 1.48. The molecule has 7 heteroatoms. The second kappa shape index (κ2) is 10.3. The molecule has 3 rings (SSSR count). The van der Waals surface area contributed by atoms with Crippen LogP contribution in [0, 0.1) is 5.82 Å². The number of methoxy groups -OCH3 is 1. The average molecular weight is 484 g/mol. The number of hydrogen-bond acceptors (Lipinski definition) is 3. The molecule has 27 heavy (non-hydrogen) atoms. The molecule has 0 spiro atoms. The number of hydrogen-bond donors (Lipinski definition) is 1. The molecular weight excluding hydrogens is 458 g/mol. The van der Waals surface area contributed by atoms with Crippen molar-refractivity contribution in [2.24, 2.45) is 4.99 Å². The number of ether oxygens (including phenoxy) is 1. The molecule has 0 radical (unpaired) electrons. The lowest BCUT2D eigenvalue weighted by Gasteiger charge is -2.37. The fraction of sp³-hybridized carbons (Fsp3) is 0.350. The molecular formula is C20H26FIN4O. The third-order valence-corrected chi connectivity index (χ3v) is 4.60. The highest BCUT2D eigenvalue weighted by Crippen LogP contribution is 2.22. The first-order chi connectivity index (χ1) is 12.7. The van der Waals surface area contributed by atoms with E-state index in [-0.39, 0.29) is 29.8 Å². The van der Waals surface area contributed by atoms with Crippen LogP contribution in [0.1, 0.15) is 5.56 Å². The highest BCUT2D eigenvalue weighted by molar-refractivity contribution is 14.0. The maximum absolute atomic E-state index is 13.8. The van der Waals surface area contributed by atoms with E-state index in [1.165, 1.54) is 11.8 Å². The Hall–Kier alpha value is -2.03. The Morgan fingerprint density at radius 1 is 1.11 bits per heavy atom. The van der Waals surface area contributed by atoms with Gasteiger partial charge in [-0.05, 0) is 18.2 Å². The SMILES string of the molecule is CN=C(NCc1ccccc1F)N1CCN(c2cccc(OC)c2)CC1.I. The van der Waals surface area contributed by atoms with Gasteiger partial charge in [-0.25, -0.2) is 4.39 Å². The van der Waals surface area contributed by atoms with Crippen molar-refractivity contribution in [2.45, 2.75) is 6.54 Å². The van der Waals surface area contributed by atoms with Crippen LogP contribution in [0.4, 0.5) is 10.1 Å². The second-order valence-corrected chi connectivity index (χ2v) is 6.17. The number of halogens is 2. The Balaban J connectivity index is 0.00000261. The van der Waals surface area contributed by atoms with Crippen LogP contribution in [0.2, 0.25) is 0 Å². The summed E-state index contributed by atoms with van der Waals surface area (Å²) in [4.78, 5) is 8.89. The lowest BCUT2D eigenvalue weighted by molar-refractivity contribution is 0.371. The van der Waals surface area contributed by atoms with Crippen LogP contribution >= 0.6 is 24.0 Å². The first-order valence-electron chi connectivity index (χ1n) is 8.79. The standard InChI is InChI=1S/C20H25FN4O.HI/c1-22-20(23-15-16-6-3-4-9-19(16)21)25-12-10-24(11-13-25)17-7-5-8-18(14-17)26-2;/h3-9,14H,10-13,15H2,1-2H3,(H,22,23);1H. The Bertz CT molecular complexity index is 763. The van der Waals surface area contributed by atoms with Gasteiger partial charge >= 0.3 is 0 Å². The number of guanidine groups is 1. The van der Waals surface area contributed by atoms with Gasteiger partial charge < -0.3 is 19.9 Å². The quantitative estimate of drug-likeness (QED) is 0.411. The van der Waals surface area contributed by atoms with E-state index in [0.29, 0.717) is 12.1 Å². The minimum absolute atomic E-state index is 0. The lowest BCUT2D eigenvalue weighted by atomic mass is 10.2. The number of benzene rings is 2. The van der Waals surface area contributed by atoms with E-state index in [0.717, 1.165) is 37.9 Å². The van der Waals surface area contributed by atoms with E-state index in [9.17, 15) is 4.39 Å². The van der Waals surface area contributed by atoms with Crippen molar-refractivity contribution < 1.29 is 9.13 Å². The van der Waals surface area contributed by atoms with Gasteiger partial charge in [-0.3, -0.25) is 4.99 Å². The maximum Gasteiger partial charge on any atom is 0.194 e. The summed E-state index contributed by atoms with van der Waals surface area (Å²) in [5, 5.41) is 3.27. The van der Waals surface area contributed by atoms with Gasteiger partial charge in [0.05, 0.1) is 7.11 Å². The highest BCUT2D eigenvalue weighted by Gasteiger charge is 2.20. The van der Waals surface area contributed by atoms with Gasteiger partial charge in [-0.1, -0.05) is 24.3 Å². The Kier molecular flexibility index (Phi) is 8.15. The van der Waals surface area contributed by atoms with E-state index in [4.69, 9.17) is 4.74 Å². The van der Waals surface area contributed by atoms with E-state index in [1.54, 1.807) is 26.3 Å². The van der Waals surface area contributed by atoms with E-state index in [1.807, 2.05) is 18.2 Å². The van der Waals surface area contributed by atoms with Crippen molar-refractivity contribution >= 4 is 35.6 Å². The van der Waals surface area contributed by atoms with Crippen LogP contribution in [0.25, 0.3) is 0 Å². The Labute approximate surface area is 177 Å². The van der Waals surface area contributed by atoms with E-state index < -0.39 is 0 Å². The zero-order valence-corrected chi connectivity index (χ0v) is 18.0. The summed E-state index contributed by atoms with van der Waals surface area (Å²) in [6.07, 6.45) is 0. The molecule has 0 aromatic heterocycles. The molecule has 1 saturated heterocycles. The molecule has 0 amide bonds. The molecule has 146 valence electrons. The highest BCUT2D eigenvalue weighted by atomic mass is 127. The van der Waals surface area contributed by atoms with Gasteiger partial charge in [0.2, 0.25) is 0 Å². The van der Waals surface area contributed by atoms with Crippen LogP contribution in [-0.2, 0) is 6.54 Å². The largest absolute Gasteiger partial charge is 0.497 e. The average Bonchev–Trinajstić information content (AvgIpc) is 2.70. The van der Waals surface area contributed by atoms with Crippen molar-refractivity contribution in [2.75, 3.05) is 45.2 Å². The molecule has 1 heterocycles. The zero-order valence-electron chi connectivity index (χ0n) is 15.7.